The molecule has 0 saturated heterocycles. The molecule has 1 unspecified atom stereocenters. The van der Waals surface area contributed by atoms with Gasteiger partial charge in [-0.05, 0) is 26.2 Å². The lowest BCUT2D eigenvalue weighted by atomic mass is 9.71. The quantitative estimate of drug-likeness (QED) is 0.668. The summed E-state index contributed by atoms with van der Waals surface area (Å²) >= 11 is 0. The van der Waals surface area contributed by atoms with Gasteiger partial charge in [-0.3, -0.25) is 9.59 Å². The van der Waals surface area contributed by atoms with E-state index in [9.17, 15) is 19.8 Å². The molecule has 3 N–H and O–H groups in total. The maximum atomic E-state index is 12.0. The zero-order chi connectivity index (χ0) is 15.2. The topological polar surface area (TPSA) is 86.6 Å². The van der Waals surface area contributed by atoms with E-state index in [0.29, 0.717) is 19.3 Å². The summed E-state index contributed by atoms with van der Waals surface area (Å²) in [6.07, 6.45) is 5.38. The van der Waals surface area contributed by atoms with E-state index >= 15 is 0 Å². The number of nitrogens with one attached hydrogen (secondary N) is 1. The van der Waals surface area contributed by atoms with Crippen LogP contribution in [0.1, 0.15) is 65.2 Å². The van der Waals surface area contributed by atoms with Crippen LogP contribution in [-0.4, -0.2) is 34.2 Å². The lowest BCUT2D eigenvalue weighted by Gasteiger charge is -2.33. The molecule has 1 aliphatic rings. The SMILES string of the molecule is CCCC(C)(O)CNC(=O)CC1(C(=O)O)CCCCC1. The highest BCUT2D eigenvalue weighted by atomic mass is 16.4. The summed E-state index contributed by atoms with van der Waals surface area (Å²) < 4.78 is 0. The number of aliphatic carboxylic acids is 1. The number of rotatable bonds is 7. The van der Waals surface area contributed by atoms with E-state index in [1.807, 2.05) is 6.92 Å². The molecule has 1 atom stereocenters. The highest BCUT2D eigenvalue weighted by Crippen LogP contribution is 2.39. The third-order valence-electron chi connectivity index (χ3n) is 4.22. The fourth-order valence-electron chi connectivity index (χ4n) is 2.98. The Hall–Kier alpha value is -1.10. The largest absolute Gasteiger partial charge is 0.481 e. The van der Waals surface area contributed by atoms with E-state index < -0.39 is 17.0 Å². The maximum Gasteiger partial charge on any atom is 0.310 e. The molecule has 0 aromatic rings. The molecule has 0 aromatic heterocycles. The minimum Gasteiger partial charge on any atom is -0.481 e. The van der Waals surface area contributed by atoms with Crippen LogP contribution in [0.25, 0.3) is 0 Å². The zero-order valence-corrected chi connectivity index (χ0v) is 12.6. The van der Waals surface area contributed by atoms with Gasteiger partial charge in [0.05, 0.1) is 11.0 Å². The Morgan fingerprint density at radius 2 is 1.85 bits per heavy atom. The van der Waals surface area contributed by atoms with Gasteiger partial charge in [-0.15, -0.1) is 0 Å². The molecule has 0 aliphatic heterocycles. The summed E-state index contributed by atoms with van der Waals surface area (Å²) in [5, 5.41) is 22.1. The van der Waals surface area contributed by atoms with Crippen LogP contribution in [0.15, 0.2) is 0 Å². The molecule has 5 heteroatoms. The molecular formula is C15H27NO4. The van der Waals surface area contributed by atoms with Gasteiger partial charge in [0.25, 0.3) is 0 Å². The van der Waals surface area contributed by atoms with Crippen molar-refractivity contribution >= 4 is 11.9 Å². The van der Waals surface area contributed by atoms with Crippen LogP contribution in [0.5, 0.6) is 0 Å². The average molecular weight is 285 g/mol. The van der Waals surface area contributed by atoms with Crippen LogP contribution >= 0.6 is 0 Å². The molecule has 0 radical (unpaired) electrons. The molecule has 5 nitrogen and oxygen atoms in total. The Labute approximate surface area is 120 Å². The monoisotopic (exact) mass is 285 g/mol. The van der Waals surface area contributed by atoms with Crippen LogP contribution in [0.3, 0.4) is 0 Å². The van der Waals surface area contributed by atoms with Crippen molar-refractivity contribution in [3.05, 3.63) is 0 Å². The Bertz CT molecular complexity index is 346. The fourth-order valence-corrected chi connectivity index (χ4v) is 2.98. The van der Waals surface area contributed by atoms with E-state index in [4.69, 9.17) is 0 Å². The summed E-state index contributed by atoms with van der Waals surface area (Å²) in [7, 11) is 0. The number of carboxylic acids is 1. The second kappa shape index (κ2) is 7.07. The van der Waals surface area contributed by atoms with Crippen LogP contribution in [0.2, 0.25) is 0 Å². The smallest absolute Gasteiger partial charge is 0.310 e. The number of aliphatic hydroxyl groups is 1. The zero-order valence-electron chi connectivity index (χ0n) is 12.6. The van der Waals surface area contributed by atoms with Gasteiger partial charge < -0.3 is 15.5 Å². The van der Waals surface area contributed by atoms with Crippen molar-refractivity contribution in [3.8, 4) is 0 Å². The number of amides is 1. The first kappa shape index (κ1) is 17.0. The van der Waals surface area contributed by atoms with Gasteiger partial charge in [0.15, 0.2) is 0 Å². The van der Waals surface area contributed by atoms with Gasteiger partial charge in [0, 0.05) is 13.0 Å². The minimum absolute atomic E-state index is 0.0184. The Morgan fingerprint density at radius 1 is 1.25 bits per heavy atom. The predicted molar refractivity (Wildman–Crippen MR) is 76.3 cm³/mol. The molecule has 20 heavy (non-hydrogen) atoms. The average Bonchev–Trinajstić information content (AvgIpc) is 2.37. The summed E-state index contributed by atoms with van der Waals surface area (Å²) in [5.74, 6) is -1.14. The first-order chi connectivity index (χ1) is 9.31. The summed E-state index contributed by atoms with van der Waals surface area (Å²) in [6.45, 7) is 3.83. The minimum atomic E-state index is -0.923. The van der Waals surface area contributed by atoms with Crippen molar-refractivity contribution in [2.24, 2.45) is 5.41 Å². The standard InChI is InChI=1S/C15H27NO4/c1-3-7-14(2,20)11-16-12(17)10-15(13(18)19)8-5-4-6-9-15/h20H,3-11H2,1-2H3,(H,16,17)(H,18,19). The number of hydrogen-bond donors (Lipinski definition) is 3. The van der Waals surface area contributed by atoms with Crippen molar-refractivity contribution in [1.29, 1.82) is 0 Å². The van der Waals surface area contributed by atoms with Crippen molar-refractivity contribution < 1.29 is 19.8 Å². The van der Waals surface area contributed by atoms with Gasteiger partial charge in [0.2, 0.25) is 5.91 Å². The van der Waals surface area contributed by atoms with Crippen molar-refractivity contribution in [2.75, 3.05) is 6.54 Å². The molecular weight excluding hydrogens is 258 g/mol. The van der Waals surface area contributed by atoms with Crippen LogP contribution in [-0.2, 0) is 9.59 Å². The number of hydrogen-bond acceptors (Lipinski definition) is 3. The molecule has 1 rings (SSSR count). The second-order valence-electron chi connectivity index (χ2n) is 6.35. The molecule has 0 heterocycles. The normalized spacial score (nSPS) is 20.9. The van der Waals surface area contributed by atoms with Crippen molar-refractivity contribution in [2.45, 2.75) is 70.8 Å². The lowest BCUT2D eigenvalue weighted by molar-refractivity contribution is -0.154. The van der Waals surface area contributed by atoms with Crippen molar-refractivity contribution in [1.82, 2.24) is 5.32 Å². The lowest BCUT2D eigenvalue weighted by Crippen LogP contribution is -2.44. The van der Waals surface area contributed by atoms with E-state index in [0.717, 1.165) is 25.7 Å². The third-order valence-corrected chi connectivity index (χ3v) is 4.22. The Kier molecular flexibility index (Phi) is 5.99. The highest BCUT2D eigenvalue weighted by molar-refractivity contribution is 5.85. The van der Waals surface area contributed by atoms with E-state index in [1.165, 1.54) is 0 Å². The highest BCUT2D eigenvalue weighted by Gasteiger charge is 2.41. The first-order valence-electron chi connectivity index (χ1n) is 7.54. The fraction of sp³-hybridized carbons (Fsp3) is 0.867. The maximum absolute atomic E-state index is 12.0. The molecule has 1 saturated carbocycles. The van der Waals surface area contributed by atoms with Crippen LogP contribution in [0, 0.1) is 5.41 Å². The Balaban J connectivity index is 2.53. The molecule has 1 amide bonds. The summed E-state index contributed by atoms with van der Waals surface area (Å²) in [6, 6.07) is 0. The molecule has 0 bridgehead atoms. The van der Waals surface area contributed by atoms with E-state index in [1.54, 1.807) is 6.92 Å². The molecule has 116 valence electrons. The second-order valence-corrected chi connectivity index (χ2v) is 6.35. The number of carbonyl (C=O) groups is 2. The first-order valence-corrected chi connectivity index (χ1v) is 7.54. The molecule has 1 aliphatic carbocycles. The number of carboxylic acid groups (broad SMARTS) is 1. The van der Waals surface area contributed by atoms with Gasteiger partial charge in [-0.2, -0.15) is 0 Å². The summed E-state index contributed by atoms with van der Waals surface area (Å²) in [5.41, 5.74) is -1.83. The van der Waals surface area contributed by atoms with Crippen LogP contribution < -0.4 is 5.32 Å². The van der Waals surface area contributed by atoms with Crippen molar-refractivity contribution in [3.63, 3.8) is 0 Å². The molecule has 0 spiro atoms. The van der Waals surface area contributed by atoms with Gasteiger partial charge in [-0.1, -0.05) is 32.6 Å². The van der Waals surface area contributed by atoms with Crippen LogP contribution in [0.4, 0.5) is 0 Å². The molecule has 1 fully saturated rings. The predicted octanol–water partition coefficient (Wildman–Crippen LogP) is 2.08. The summed E-state index contributed by atoms with van der Waals surface area (Å²) in [4.78, 5) is 23.5. The molecule has 0 aromatic carbocycles. The van der Waals surface area contributed by atoms with Gasteiger partial charge >= 0.3 is 5.97 Å². The van der Waals surface area contributed by atoms with Gasteiger partial charge in [0.1, 0.15) is 0 Å². The van der Waals surface area contributed by atoms with Gasteiger partial charge in [-0.25, -0.2) is 0 Å². The number of carbonyl (C=O) groups excluding carboxylic acids is 1. The van der Waals surface area contributed by atoms with E-state index in [2.05, 4.69) is 5.32 Å². The van der Waals surface area contributed by atoms with E-state index in [-0.39, 0.29) is 18.9 Å². The third kappa shape index (κ3) is 4.78. The Morgan fingerprint density at radius 3 is 2.35 bits per heavy atom.